The first-order valence-corrected chi connectivity index (χ1v) is 10.5. The van der Waals surface area contributed by atoms with Gasteiger partial charge in [0.2, 0.25) is 0 Å². The average molecular weight is 426 g/mol. The minimum absolute atomic E-state index is 0.128. The number of aliphatic hydroxyl groups is 1. The molecule has 0 aliphatic carbocycles. The molecule has 0 unspecified atom stereocenters. The number of nitrogens with zero attached hydrogens (tertiary/aromatic N) is 1. The van der Waals surface area contributed by atoms with Gasteiger partial charge in [-0.25, -0.2) is 9.59 Å². The molecule has 2 rings (SSSR count). The van der Waals surface area contributed by atoms with Crippen molar-refractivity contribution in [2.75, 3.05) is 45.9 Å². The van der Waals surface area contributed by atoms with E-state index < -0.39 is 23.6 Å². The maximum absolute atomic E-state index is 12.4. The summed E-state index contributed by atoms with van der Waals surface area (Å²) in [5.41, 5.74) is 0.552. The van der Waals surface area contributed by atoms with Crippen LogP contribution in [0.2, 0.25) is 0 Å². The molecule has 0 bridgehead atoms. The molecule has 9 nitrogen and oxygen atoms in total. The van der Waals surface area contributed by atoms with Crippen LogP contribution in [0.3, 0.4) is 0 Å². The standard InChI is InChI=1S/C21H35N3O6/c1-14-17(19(26)27)16(23-18(14)20(28)30-21(2,3)4)6-5-7-22-12-15(25)13-24-8-10-29-11-9-24/h15,22-23,25H,5-13H2,1-4H3,(H,26,27)/t15-/m0/s1. The van der Waals surface area contributed by atoms with E-state index in [2.05, 4.69) is 15.2 Å². The fraction of sp³-hybridized carbons (Fsp3) is 0.714. The number of ether oxygens (including phenoxy) is 2. The van der Waals surface area contributed by atoms with Crippen LogP contribution >= 0.6 is 0 Å². The summed E-state index contributed by atoms with van der Waals surface area (Å²) in [5, 5.41) is 22.9. The minimum atomic E-state index is -1.07. The van der Waals surface area contributed by atoms with Gasteiger partial charge in [0.05, 0.1) is 24.9 Å². The van der Waals surface area contributed by atoms with Crippen LogP contribution < -0.4 is 5.32 Å². The lowest BCUT2D eigenvalue weighted by molar-refractivity contribution is 0.00622. The predicted octanol–water partition coefficient (Wildman–Crippen LogP) is 1.19. The van der Waals surface area contributed by atoms with Crippen molar-refractivity contribution in [2.24, 2.45) is 0 Å². The average Bonchev–Trinajstić information content (AvgIpc) is 2.97. The molecule has 9 heteroatoms. The number of morpholine rings is 1. The number of carbonyl (C=O) groups is 2. The number of carboxylic acids is 1. The third kappa shape index (κ3) is 7.39. The highest BCUT2D eigenvalue weighted by Gasteiger charge is 2.26. The molecule has 2 heterocycles. The Hall–Kier alpha value is -1.94. The second kappa shape index (κ2) is 10.9. The number of hydrogen-bond donors (Lipinski definition) is 4. The highest BCUT2D eigenvalue weighted by molar-refractivity contribution is 5.97. The Bertz CT molecular complexity index is 719. The number of aromatic nitrogens is 1. The maximum Gasteiger partial charge on any atom is 0.355 e. The number of aliphatic hydroxyl groups excluding tert-OH is 1. The summed E-state index contributed by atoms with van der Waals surface area (Å²) in [6.45, 7) is 11.7. The van der Waals surface area contributed by atoms with E-state index in [1.54, 1.807) is 27.7 Å². The molecule has 30 heavy (non-hydrogen) atoms. The van der Waals surface area contributed by atoms with Gasteiger partial charge < -0.3 is 30.0 Å². The summed E-state index contributed by atoms with van der Waals surface area (Å²) in [6.07, 6.45) is 0.667. The first kappa shape index (κ1) is 24.3. The van der Waals surface area contributed by atoms with Gasteiger partial charge in [-0.3, -0.25) is 4.90 Å². The molecule has 0 spiro atoms. The minimum Gasteiger partial charge on any atom is -0.478 e. The molecule has 0 amide bonds. The third-order valence-corrected chi connectivity index (χ3v) is 4.88. The van der Waals surface area contributed by atoms with E-state index in [9.17, 15) is 19.8 Å². The number of carboxylic acid groups (broad SMARTS) is 1. The van der Waals surface area contributed by atoms with Crippen LogP contribution in [0.25, 0.3) is 0 Å². The summed E-state index contributed by atoms with van der Waals surface area (Å²) in [5.74, 6) is -1.62. The van der Waals surface area contributed by atoms with E-state index in [4.69, 9.17) is 9.47 Å². The van der Waals surface area contributed by atoms with E-state index in [-0.39, 0.29) is 11.3 Å². The number of aromatic amines is 1. The van der Waals surface area contributed by atoms with E-state index in [0.717, 1.165) is 13.1 Å². The number of nitrogens with one attached hydrogen (secondary N) is 2. The Morgan fingerprint density at radius 1 is 1.30 bits per heavy atom. The van der Waals surface area contributed by atoms with Crippen LogP contribution in [0.1, 0.15) is 59.3 Å². The summed E-state index contributed by atoms with van der Waals surface area (Å²) in [6, 6.07) is 0. The van der Waals surface area contributed by atoms with Crippen molar-refractivity contribution in [3.63, 3.8) is 0 Å². The molecule has 1 aliphatic heterocycles. The van der Waals surface area contributed by atoms with Crippen molar-refractivity contribution in [1.82, 2.24) is 15.2 Å². The quantitative estimate of drug-likeness (QED) is 0.326. The van der Waals surface area contributed by atoms with Gasteiger partial charge in [0.25, 0.3) is 0 Å². The van der Waals surface area contributed by atoms with Gasteiger partial charge in [0, 0.05) is 31.9 Å². The molecule has 1 aromatic rings. The zero-order valence-electron chi connectivity index (χ0n) is 18.4. The number of carbonyl (C=O) groups excluding carboxylic acids is 1. The highest BCUT2D eigenvalue weighted by Crippen LogP contribution is 2.22. The molecule has 0 saturated carbocycles. The molecule has 170 valence electrons. The molecular weight excluding hydrogens is 390 g/mol. The van der Waals surface area contributed by atoms with Crippen LogP contribution in [0.5, 0.6) is 0 Å². The number of β-amino-alcohol motifs (C(OH)–C–C–N with tert-alkyl or cyclic N) is 1. The number of rotatable bonds is 10. The van der Waals surface area contributed by atoms with Gasteiger partial charge in [0.1, 0.15) is 11.3 Å². The van der Waals surface area contributed by atoms with Crippen LogP contribution in [0.4, 0.5) is 0 Å². The summed E-state index contributed by atoms with van der Waals surface area (Å²) >= 11 is 0. The first-order chi connectivity index (χ1) is 14.1. The number of hydrogen-bond acceptors (Lipinski definition) is 7. The Labute approximate surface area is 177 Å². The normalized spacial score (nSPS) is 16.4. The van der Waals surface area contributed by atoms with E-state index >= 15 is 0 Å². The maximum atomic E-state index is 12.4. The topological polar surface area (TPSA) is 124 Å². The van der Waals surface area contributed by atoms with Crippen LogP contribution in [0.15, 0.2) is 0 Å². The van der Waals surface area contributed by atoms with Crippen molar-refractivity contribution in [3.8, 4) is 0 Å². The van der Waals surface area contributed by atoms with E-state index in [1.165, 1.54) is 0 Å². The molecular formula is C21H35N3O6. The second-order valence-electron chi connectivity index (χ2n) is 8.66. The zero-order chi connectivity index (χ0) is 22.3. The predicted molar refractivity (Wildman–Crippen MR) is 112 cm³/mol. The number of aryl methyl sites for hydroxylation is 1. The Balaban J connectivity index is 1.84. The fourth-order valence-electron chi connectivity index (χ4n) is 3.47. The monoisotopic (exact) mass is 425 g/mol. The van der Waals surface area contributed by atoms with Gasteiger partial charge in [-0.1, -0.05) is 0 Å². The Morgan fingerprint density at radius 2 is 1.97 bits per heavy atom. The fourth-order valence-corrected chi connectivity index (χ4v) is 3.47. The molecule has 1 aromatic heterocycles. The smallest absolute Gasteiger partial charge is 0.355 e. The van der Waals surface area contributed by atoms with Crippen molar-refractivity contribution >= 4 is 11.9 Å². The third-order valence-electron chi connectivity index (χ3n) is 4.88. The summed E-state index contributed by atoms with van der Waals surface area (Å²) in [7, 11) is 0. The number of H-pyrrole nitrogens is 1. The number of esters is 1. The van der Waals surface area contributed by atoms with Crippen LogP contribution in [0, 0.1) is 6.92 Å². The van der Waals surface area contributed by atoms with Gasteiger partial charge in [-0.15, -0.1) is 0 Å². The summed E-state index contributed by atoms with van der Waals surface area (Å²) < 4.78 is 10.7. The molecule has 0 aromatic carbocycles. The Morgan fingerprint density at radius 3 is 2.57 bits per heavy atom. The van der Waals surface area contributed by atoms with Crippen LogP contribution in [-0.2, 0) is 15.9 Å². The molecule has 1 atom stereocenters. The lowest BCUT2D eigenvalue weighted by Gasteiger charge is -2.28. The number of aromatic carboxylic acids is 1. The molecule has 0 radical (unpaired) electrons. The highest BCUT2D eigenvalue weighted by atomic mass is 16.6. The van der Waals surface area contributed by atoms with Gasteiger partial charge in [0.15, 0.2) is 0 Å². The molecule has 1 fully saturated rings. The largest absolute Gasteiger partial charge is 0.478 e. The van der Waals surface area contributed by atoms with Crippen LogP contribution in [-0.4, -0.2) is 89.7 Å². The zero-order valence-corrected chi connectivity index (χ0v) is 18.4. The molecule has 1 aliphatic rings. The van der Waals surface area contributed by atoms with Gasteiger partial charge in [-0.2, -0.15) is 0 Å². The summed E-state index contributed by atoms with van der Waals surface area (Å²) in [4.78, 5) is 29.2. The first-order valence-electron chi connectivity index (χ1n) is 10.5. The lowest BCUT2D eigenvalue weighted by Crippen LogP contribution is -2.43. The van der Waals surface area contributed by atoms with Gasteiger partial charge >= 0.3 is 11.9 Å². The van der Waals surface area contributed by atoms with Crippen molar-refractivity contribution in [1.29, 1.82) is 0 Å². The molecule has 4 N–H and O–H groups in total. The van der Waals surface area contributed by atoms with E-state index in [0.29, 0.717) is 56.9 Å². The van der Waals surface area contributed by atoms with Gasteiger partial charge in [-0.05, 0) is 52.6 Å². The second-order valence-corrected chi connectivity index (χ2v) is 8.66. The van der Waals surface area contributed by atoms with E-state index in [1.807, 2.05) is 0 Å². The Kier molecular flexibility index (Phi) is 8.84. The van der Waals surface area contributed by atoms with Crippen molar-refractivity contribution in [3.05, 3.63) is 22.5 Å². The van der Waals surface area contributed by atoms with Crippen molar-refractivity contribution < 1.29 is 29.3 Å². The lowest BCUT2D eigenvalue weighted by atomic mass is 10.1. The SMILES string of the molecule is Cc1c(C(=O)OC(C)(C)C)[nH]c(CCCNC[C@H](O)CN2CCOCC2)c1C(=O)O. The molecule has 1 saturated heterocycles. The van der Waals surface area contributed by atoms with Crippen molar-refractivity contribution in [2.45, 2.75) is 52.2 Å².